The van der Waals surface area contributed by atoms with Gasteiger partial charge in [0.15, 0.2) is 0 Å². The van der Waals surface area contributed by atoms with Crippen molar-refractivity contribution in [2.24, 2.45) is 10.9 Å². The first-order valence-electron chi connectivity index (χ1n) is 12.5. The largest absolute Gasteiger partial charge is 0.298 e. The van der Waals surface area contributed by atoms with Gasteiger partial charge in [0.25, 0.3) is 0 Å². The highest BCUT2D eigenvalue weighted by Crippen LogP contribution is 2.17. The molecule has 0 aliphatic carbocycles. The van der Waals surface area contributed by atoms with Gasteiger partial charge in [-0.2, -0.15) is 0 Å². The second-order valence-electron chi connectivity index (χ2n) is 9.14. The second-order valence-corrected chi connectivity index (χ2v) is 9.14. The monoisotopic (exact) mass is 392 g/mol. The first-order valence-corrected chi connectivity index (χ1v) is 12.5. The van der Waals surface area contributed by atoms with Gasteiger partial charge in [0.1, 0.15) is 5.84 Å². The van der Waals surface area contributed by atoms with Crippen molar-refractivity contribution < 1.29 is 4.79 Å². The van der Waals surface area contributed by atoms with Crippen molar-refractivity contribution in [1.29, 1.82) is 0 Å². The van der Waals surface area contributed by atoms with Gasteiger partial charge in [0, 0.05) is 19.4 Å². The van der Waals surface area contributed by atoms with E-state index in [9.17, 15) is 4.79 Å². The summed E-state index contributed by atoms with van der Waals surface area (Å²) in [6.07, 6.45) is 20.2. The van der Waals surface area contributed by atoms with Crippen molar-refractivity contribution in [3.63, 3.8) is 0 Å². The Morgan fingerprint density at radius 1 is 0.893 bits per heavy atom. The smallest absolute Gasteiger partial charge is 0.227 e. The summed E-state index contributed by atoms with van der Waals surface area (Å²) in [6, 6.07) is 0.332. The maximum Gasteiger partial charge on any atom is 0.227 e. The number of hydrogen-bond acceptors (Lipinski definition) is 2. The maximum atomic E-state index is 12.5. The summed E-state index contributed by atoms with van der Waals surface area (Å²) in [4.78, 5) is 19.1. The molecular formula is C25H48N2O. The van der Waals surface area contributed by atoms with E-state index in [0.29, 0.717) is 18.4 Å². The van der Waals surface area contributed by atoms with Gasteiger partial charge in [0.05, 0.1) is 6.04 Å². The predicted octanol–water partition coefficient (Wildman–Crippen LogP) is 7.53. The zero-order valence-electron chi connectivity index (χ0n) is 19.5. The number of nitrogens with zero attached hydrogens (tertiary/aromatic N) is 2. The molecule has 0 N–H and O–H groups in total. The Kier molecular flexibility index (Phi) is 14.4. The molecule has 0 aromatic heterocycles. The number of carbonyl (C=O) groups excluding carboxylic acids is 1. The van der Waals surface area contributed by atoms with Gasteiger partial charge in [-0.1, -0.05) is 105 Å². The van der Waals surface area contributed by atoms with Crippen LogP contribution in [-0.2, 0) is 4.79 Å². The van der Waals surface area contributed by atoms with Crippen molar-refractivity contribution in [1.82, 2.24) is 4.90 Å². The topological polar surface area (TPSA) is 32.7 Å². The molecule has 1 amide bonds. The summed E-state index contributed by atoms with van der Waals surface area (Å²) in [7, 11) is 0. The van der Waals surface area contributed by atoms with Gasteiger partial charge in [-0.25, -0.2) is 0 Å². The Bertz CT molecular complexity index is 430. The molecule has 0 fully saturated rings. The molecule has 1 aliphatic rings. The zero-order valence-corrected chi connectivity index (χ0v) is 19.5. The molecule has 0 saturated carbocycles. The van der Waals surface area contributed by atoms with E-state index >= 15 is 0 Å². The van der Waals surface area contributed by atoms with Gasteiger partial charge < -0.3 is 0 Å². The minimum Gasteiger partial charge on any atom is -0.298 e. The van der Waals surface area contributed by atoms with Crippen LogP contribution in [0.15, 0.2) is 4.99 Å². The third-order valence-corrected chi connectivity index (χ3v) is 6.05. The number of unbranched alkanes of at least 4 members (excludes halogenated alkanes) is 11. The number of carbonyl (C=O) groups is 1. The highest BCUT2D eigenvalue weighted by molar-refractivity contribution is 5.99. The number of hydrogen-bond donors (Lipinski definition) is 0. The lowest BCUT2D eigenvalue weighted by Crippen LogP contribution is -2.35. The lowest BCUT2D eigenvalue weighted by molar-refractivity contribution is -0.127. The van der Waals surface area contributed by atoms with Crippen molar-refractivity contribution in [3.05, 3.63) is 0 Å². The Morgan fingerprint density at radius 3 is 1.86 bits per heavy atom. The quantitative estimate of drug-likeness (QED) is 0.235. The van der Waals surface area contributed by atoms with Gasteiger partial charge in [-0.15, -0.1) is 0 Å². The molecule has 1 unspecified atom stereocenters. The lowest BCUT2D eigenvalue weighted by Gasteiger charge is -2.18. The zero-order chi connectivity index (χ0) is 20.6. The fourth-order valence-corrected chi connectivity index (χ4v) is 4.12. The Morgan fingerprint density at radius 2 is 1.39 bits per heavy atom. The standard InChI is InChI=1S/C25H48N2O/c1-5-23-21-27(24(6-2)26-23)25(28)20-18-16-14-12-10-8-7-9-11-13-15-17-19-22(3)4/h22-23H,5-21H2,1-4H3. The van der Waals surface area contributed by atoms with Crippen molar-refractivity contribution in [2.75, 3.05) is 6.54 Å². The fraction of sp³-hybridized carbons (Fsp3) is 0.920. The van der Waals surface area contributed by atoms with Crippen LogP contribution >= 0.6 is 0 Å². The summed E-state index contributed by atoms with van der Waals surface area (Å²) < 4.78 is 0. The third kappa shape index (κ3) is 11.2. The summed E-state index contributed by atoms with van der Waals surface area (Å²) >= 11 is 0. The van der Waals surface area contributed by atoms with E-state index in [1.54, 1.807) is 0 Å². The van der Waals surface area contributed by atoms with E-state index in [1.165, 1.54) is 77.0 Å². The molecule has 0 aromatic rings. The van der Waals surface area contributed by atoms with Gasteiger partial charge in [-0.05, 0) is 18.8 Å². The van der Waals surface area contributed by atoms with E-state index in [-0.39, 0.29) is 0 Å². The van der Waals surface area contributed by atoms with Crippen LogP contribution in [0.1, 0.15) is 130 Å². The van der Waals surface area contributed by atoms with Crippen molar-refractivity contribution in [3.8, 4) is 0 Å². The molecule has 0 aromatic carbocycles. The minimum absolute atomic E-state index is 0.296. The minimum atomic E-state index is 0.296. The highest BCUT2D eigenvalue weighted by Gasteiger charge is 2.27. The van der Waals surface area contributed by atoms with E-state index in [2.05, 4.69) is 32.7 Å². The molecule has 1 aliphatic heterocycles. The predicted molar refractivity (Wildman–Crippen MR) is 123 cm³/mol. The normalized spacial score (nSPS) is 16.8. The van der Waals surface area contributed by atoms with Crippen LogP contribution in [-0.4, -0.2) is 29.2 Å². The van der Waals surface area contributed by atoms with E-state index in [1.807, 2.05) is 4.90 Å². The van der Waals surface area contributed by atoms with Gasteiger partial charge >= 0.3 is 0 Å². The van der Waals surface area contributed by atoms with Gasteiger partial charge in [0.2, 0.25) is 5.91 Å². The van der Waals surface area contributed by atoms with E-state index in [0.717, 1.165) is 37.6 Å². The highest BCUT2D eigenvalue weighted by atomic mass is 16.2. The second kappa shape index (κ2) is 16.0. The van der Waals surface area contributed by atoms with Crippen LogP contribution in [0.3, 0.4) is 0 Å². The Labute approximate surface area is 175 Å². The first-order chi connectivity index (χ1) is 13.6. The molecule has 164 valence electrons. The number of rotatable bonds is 17. The van der Waals surface area contributed by atoms with Crippen LogP contribution in [0.5, 0.6) is 0 Å². The Hall–Kier alpha value is -0.860. The van der Waals surface area contributed by atoms with Crippen LogP contribution in [0, 0.1) is 5.92 Å². The molecule has 1 heterocycles. The van der Waals surface area contributed by atoms with Gasteiger partial charge in [-0.3, -0.25) is 14.7 Å². The molecule has 3 heteroatoms. The average Bonchev–Trinajstić information content (AvgIpc) is 3.11. The summed E-state index contributed by atoms with van der Waals surface area (Å²) in [5.41, 5.74) is 0. The van der Waals surface area contributed by atoms with E-state index in [4.69, 9.17) is 0 Å². The molecule has 1 atom stereocenters. The Balaban J connectivity index is 1.89. The fourth-order valence-electron chi connectivity index (χ4n) is 4.12. The van der Waals surface area contributed by atoms with Crippen molar-refractivity contribution >= 4 is 11.7 Å². The van der Waals surface area contributed by atoms with E-state index < -0.39 is 0 Å². The third-order valence-electron chi connectivity index (χ3n) is 6.05. The molecule has 28 heavy (non-hydrogen) atoms. The summed E-state index contributed by atoms with van der Waals surface area (Å²) in [5, 5.41) is 0. The SMILES string of the molecule is CCC1=NC(CC)CN1C(=O)CCCCCCCCCCCCCCC(C)C. The lowest BCUT2D eigenvalue weighted by atomic mass is 10.0. The maximum absolute atomic E-state index is 12.5. The molecular weight excluding hydrogens is 344 g/mol. The van der Waals surface area contributed by atoms with Crippen LogP contribution < -0.4 is 0 Å². The molecule has 0 saturated heterocycles. The summed E-state index contributed by atoms with van der Waals surface area (Å²) in [6.45, 7) is 9.72. The number of amides is 1. The molecule has 0 radical (unpaired) electrons. The molecule has 0 bridgehead atoms. The molecule has 1 rings (SSSR count). The van der Waals surface area contributed by atoms with Crippen LogP contribution in [0.25, 0.3) is 0 Å². The summed E-state index contributed by atoms with van der Waals surface area (Å²) in [5.74, 6) is 2.18. The molecule has 0 spiro atoms. The average molecular weight is 393 g/mol. The molecule has 3 nitrogen and oxygen atoms in total. The van der Waals surface area contributed by atoms with Crippen LogP contribution in [0.4, 0.5) is 0 Å². The first kappa shape index (κ1) is 25.2. The number of aliphatic imine (C=N–C) groups is 1. The van der Waals surface area contributed by atoms with Crippen molar-refractivity contribution in [2.45, 2.75) is 136 Å². The van der Waals surface area contributed by atoms with Crippen LogP contribution in [0.2, 0.25) is 0 Å². The number of amidine groups is 1.